The summed E-state index contributed by atoms with van der Waals surface area (Å²) < 4.78 is 5.82. The number of fused-ring (bicyclic) bond motifs is 1. The van der Waals surface area contributed by atoms with Crippen molar-refractivity contribution in [2.24, 2.45) is 0 Å². The van der Waals surface area contributed by atoms with Gasteiger partial charge in [0, 0.05) is 49.3 Å². The number of aliphatic hydroxyl groups excluding tert-OH is 1. The topological polar surface area (TPSA) is 48.8 Å². The number of nitrogens with zero attached hydrogens (tertiary/aromatic N) is 3. The van der Waals surface area contributed by atoms with Crippen LogP contribution < -0.4 is 4.74 Å². The van der Waals surface area contributed by atoms with Gasteiger partial charge in [-0.2, -0.15) is 0 Å². The molecule has 2 aromatic rings. The van der Waals surface area contributed by atoms with Crippen LogP contribution in [0, 0.1) is 0 Å². The molecule has 1 aromatic carbocycles. The second-order valence-electron chi connectivity index (χ2n) is 8.10. The summed E-state index contributed by atoms with van der Waals surface area (Å²) in [4.78, 5) is 11.5. The van der Waals surface area contributed by atoms with Crippen LogP contribution in [0.1, 0.15) is 47.3 Å². The minimum atomic E-state index is 0.230. The number of aliphatic hydroxyl groups is 1. The second kappa shape index (κ2) is 10.0. The zero-order valence-corrected chi connectivity index (χ0v) is 18.3. The summed E-state index contributed by atoms with van der Waals surface area (Å²) >= 11 is 1.92. The van der Waals surface area contributed by atoms with Gasteiger partial charge in [0.05, 0.1) is 18.8 Å². The van der Waals surface area contributed by atoms with E-state index in [1.54, 1.807) is 0 Å². The van der Waals surface area contributed by atoms with E-state index < -0.39 is 0 Å². The van der Waals surface area contributed by atoms with Crippen molar-refractivity contribution in [3.63, 3.8) is 0 Å². The maximum absolute atomic E-state index is 9.65. The van der Waals surface area contributed by atoms with Gasteiger partial charge in [0.1, 0.15) is 10.8 Å². The Morgan fingerprint density at radius 2 is 2.03 bits per heavy atom. The maximum Gasteiger partial charge on any atom is 0.123 e. The molecule has 29 heavy (non-hydrogen) atoms. The van der Waals surface area contributed by atoms with Gasteiger partial charge in [-0.25, -0.2) is 4.98 Å². The monoisotopic (exact) mass is 415 g/mol. The van der Waals surface area contributed by atoms with Crippen molar-refractivity contribution in [2.45, 2.75) is 58.2 Å². The Bertz CT molecular complexity index is 771. The Morgan fingerprint density at radius 1 is 1.17 bits per heavy atom. The lowest BCUT2D eigenvalue weighted by Crippen LogP contribution is -2.52. The lowest BCUT2D eigenvalue weighted by molar-refractivity contribution is 0.0493. The van der Waals surface area contributed by atoms with E-state index in [2.05, 4.69) is 28.0 Å². The molecule has 0 amide bonds. The highest BCUT2D eigenvalue weighted by Crippen LogP contribution is 2.28. The summed E-state index contributed by atoms with van der Waals surface area (Å²) in [7, 11) is 0. The molecule has 0 unspecified atom stereocenters. The fraction of sp³-hybridized carbons (Fsp3) is 0.609. The Balaban J connectivity index is 1.40. The first-order chi connectivity index (χ1) is 14.3. The molecule has 1 aliphatic carbocycles. The molecule has 1 aromatic heterocycles. The smallest absolute Gasteiger partial charge is 0.123 e. The third-order valence-electron chi connectivity index (χ3n) is 6.05. The van der Waals surface area contributed by atoms with Gasteiger partial charge in [-0.3, -0.25) is 9.80 Å². The normalized spacial score (nSPS) is 20.6. The van der Waals surface area contributed by atoms with E-state index in [0.29, 0.717) is 12.6 Å². The van der Waals surface area contributed by atoms with E-state index in [9.17, 15) is 5.11 Å². The molecule has 0 bridgehead atoms. The summed E-state index contributed by atoms with van der Waals surface area (Å²) in [5.41, 5.74) is 2.59. The minimum Gasteiger partial charge on any atom is -0.494 e. The molecule has 0 radical (unpaired) electrons. The molecular formula is C23H33N3O2S. The summed E-state index contributed by atoms with van der Waals surface area (Å²) in [5.74, 6) is 0.980. The van der Waals surface area contributed by atoms with E-state index in [0.717, 1.165) is 51.3 Å². The van der Waals surface area contributed by atoms with E-state index >= 15 is 0 Å². The number of piperazine rings is 1. The van der Waals surface area contributed by atoms with Crippen molar-refractivity contribution in [1.82, 2.24) is 14.8 Å². The lowest BCUT2D eigenvalue weighted by atomic mass is 10.0. The van der Waals surface area contributed by atoms with Crippen LogP contribution in [0.15, 0.2) is 24.3 Å². The summed E-state index contributed by atoms with van der Waals surface area (Å²) in [6.45, 7) is 7.81. The van der Waals surface area contributed by atoms with Gasteiger partial charge in [-0.05, 0) is 45.1 Å². The Kier molecular flexibility index (Phi) is 7.19. The van der Waals surface area contributed by atoms with E-state index in [1.165, 1.54) is 40.4 Å². The van der Waals surface area contributed by atoms with Crippen molar-refractivity contribution in [3.05, 3.63) is 45.4 Å². The van der Waals surface area contributed by atoms with Crippen LogP contribution in [-0.4, -0.2) is 58.8 Å². The third-order valence-corrected chi connectivity index (χ3v) is 7.19. The third kappa shape index (κ3) is 5.18. The van der Waals surface area contributed by atoms with Gasteiger partial charge >= 0.3 is 0 Å². The van der Waals surface area contributed by atoms with E-state index in [-0.39, 0.29) is 6.61 Å². The molecule has 158 valence electrons. The summed E-state index contributed by atoms with van der Waals surface area (Å²) in [6.07, 6.45) is 5.78. The number of ether oxygens (including phenoxy) is 1. The van der Waals surface area contributed by atoms with Crippen molar-refractivity contribution in [1.29, 1.82) is 0 Å². The van der Waals surface area contributed by atoms with Crippen LogP contribution >= 0.6 is 11.3 Å². The number of aromatic nitrogens is 1. The van der Waals surface area contributed by atoms with Crippen molar-refractivity contribution in [3.8, 4) is 5.75 Å². The van der Waals surface area contributed by atoms with Crippen LogP contribution in [-0.2, 0) is 25.9 Å². The van der Waals surface area contributed by atoms with E-state index in [1.807, 2.05) is 24.3 Å². The second-order valence-corrected chi connectivity index (χ2v) is 9.27. The fourth-order valence-corrected chi connectivity index (χ4v) is 5.75. The number of thiazole rings is 1. The van der Waals surface area contributed by atoms with Gasteiger partial charge < -0.3 is 9.84 Å². The standard InChI is InChI=1S/C23H33N3O2S/c1-2-28-21-9-5-3-7-18(21)15-26-13-12-25(16-19(26)11-14-27)17-23-24-20-8-4-6-10-22(20)29-23/h3,5,7,9,19,27H,2,4,6,8,10-17H2,1H3/t19-/m0/s1. The highest BCUT2D eigenvalue weighted by Gasteiger charge is 2.28. The molecular weight excluding hydrogens is 382 g/mol. The quantitative estimate of drug-likeness (QED) is 0.715. The highest BCUT2D eigenvalue weighted by molar-refractivity contribution is 7.11. The number of hydrogen-bond acceptors (Lipinski definition) is 6. The molecule has 5 nitrogen and oxygen atoms in total. The zero-order chi connectivity index (χ0) is 20.1. The SMILES string of the molecule is CCOc1ccccc1CN1CCN(Cc2nc3c(s2)CCCC3)C[C@@H]1CCO. The summed E-state index contributed by atoms with van der Waals surface area (Å²) in [5, 5.41) is 10.9. The fourth-order valence-electron chi connectivity index (χ4n) is 4.55. The summed E-state index contributed by atoms with van der Waals surface area (Å²) in [6, 6.07) is 8.69. The van der Waals surface area contributed by atoms with Crippen LogP contribution in [0.2, 0.25) is 0 Å². The van der Waals surface area contributed by atoms with Crippen molar-refractivity contribution >= 4 is 11.3 Å². The molecule has 0 saturated carbocycles. The number of aryl methyl sites for hydroxylation is 2. The predicted octanol–water partition coefficient (Wildman–Crippen LogP) is 3.49. The Labute approximate surface area is 178 Å². The van der Waals surface area contributed by atoms with Gasteiger partial charge in [0.15, 0.2) is 0 Å². The van der Waals surface area contributed by atoms with Crippen LogP contribution in [0.25, 0.3) is 0 Å². The molecule has 1 saturated heterocycles. The molecule has 6 heteroatoms. The maximum atomic E-state index is 9.65. The predicted molar refractivity (Wildman–Crippen MR) is 118 cm³/mol. The largest absolute Gasteiger partial charge is 0.494 e. The number of rotatable bonds is 8. The molecule has 2 heterocycles. The molecule has 1 N–H and O–H groups in total. The molecule has 1 aliphatic heterocycles. The zero-order valence-electron chi connectivity index (χ0n) is 17.5. The first-order valence-corrected chi connectivity index (χ1v) is 11.8. The van der Waals surface area contributed by atoms with Gasteiger partial charge in [-0.15, -0.1) is 11.3 Å². The van der Waals surface area contributed by atoms with E-state index in [4.69, 9.17) is 9.72 Å². The van der Waals surface area contributed by atoms with Crippen molar-refractivity contribution < 1.29 is 9.84 Å². The van der Waals surface area contributed by atoms with Crippen LogP contribution in [0.5, 0.6) is 5.75 Å². The Hall–Kier alpha value is -1.47. The van der Waals surface area contributed by atoms with Gasteiger partial charge in [0.2, 0.25) is 0 Å². The molecule has 2 aliphatic rings. The average molecular weight is 416 g/mol. The van der Waals surface area contributed by atoms with Gasteiger partial charge in [0.25, 0.3) is 0 Å². The van der Waals surface area contributed by atoms with Crippen LogP contribution in [0.3, 0.4) is 0 Å². The van der Waals surface area contributed by atoms with Gasteiger partial charge in [-0.1, -0.05) is 18.2 Å². The molecule has 4 rings (SSSR count). The van der Waals surface area contributed by atoms with Crippen LogP contribution in [0.4, 0.5) is 0 Å². The number of para-hydroxylation sites is 1. The molecule has 1 fully saturated rings. The minimum absolute atomic E-state index is 0.230. The lowest BCUT2D eigenvalue weighted by Gasteiger charge is -2.41. The average Bonchev–Trinajstić information content (AvgIpc) is 3.14. The first kappa shape index (κ1) is 20.8. The molecule has 0 spiro atoms. The number of hydrogen-bond donors (Lipinski definition) is 1. The number of benzene rings is 1. The molecule has 1 atom stereocenters. The first-order valence-electron chi connectivity index (χ1n) is 11.0. The Morgan fingerprint density at radius 3 is 2.86 bits per heavy atom. The highest BCUT2D eigenvalue weighted by atomic mass is 32.1. The van der Waals surface area contributed by atoms with Crippen molar-refractivity contribution in [2.75, 3.05) is 32.8 Å².